The molecule has 0 atom stereocenters. The number of hydrogen-bond acceptors (Lipinski definition) is 3. The number of para-hydroxylation sites is 1. The van der Waals surface area contributed by atoms with Crippen molar-refractivity contribution < 1.29 is 5.11 Å². The fourth-order valence-corrected chi connectivity index (χ4v) is 3.18. The summed E-state index contributed by atoms with van der Waals surface area (Å²) in [6, 6.07) is 10.5. The van der Waals surface area contributed by atoms with Crippen molar-refractivity contribution in [1.82, 2.24) is 9.99 Å². The van der Waals surface area contributed by atoms with Crippen LogP contribution in [-0.2, 0) is 0 Å². The van der Waals surface area contributed by atoms with Crippen molar-refractivity contribution in [1.29, 1.82) is 0 Å². The lowest BCUT2D eigenvalue weighted by atomic mass is 10.1. The second-order valence-corrected chi connectivity index (χ2v) is 5.52. The summed E-state index contributed by atoms with van der Waals surface area (Å²) in [5, 5.41) is 17.2. The molecule has 1 aromatic carbocycles. The van der Waals surface area contributed by atoms with E-state index in [4.69, 9.17) is 0 Å². The minimum atomic E-state index is 0.346. The molecule has 1 saturated heterocycles. The molecule has 0 spiro atoms. The van der Waals surface area contributed by atoms with Gasteiger partial charge in [0.2, 0.25) is 5.88 Å². The zero-order valence-electron chi connectivity index (χ0n) is 12.0. The van der Waals surface area contributed by atoms with Gasteiger partial charge in [-0.25, -0.2) is 4.68 Å². The van der Waals surface area contributed by atoms with Crippen LogP contribution < -0.4 is 10.3 Å². The number of nitrogens with one attached hydrogen (secondary N) is 1. The Hall–Kier alpha value is -1.68. The van der Waals surface area contributed by atoms with E-state index in [1.807, 2.05) is 22.9 Å². The molecule has 0 aliphatic carbocycles. The lowest BCUT2D eigenvalue weighted by Gasteiger charge is -2.37. The monoisotopic (exact) mass is 273 g/mol. The standard InChI is InChI=1S/C16H23N3O/c1-2-11-18(14-7-9-17-10-8-14)19-15-6-4-3-5-13(15)12-16(19)20/h3-6,12,14,17,20H,2,7-11H2,1H3. The van der Waals surface area contributed by atoms with Crippen molar-refractivity contribution in [2.24, 2.45) is 0 Å². The molecular formula is C16H23N3O. The molecule has 0 bridgehead atoms. The molecule has 1 aliphatic heterocycles. The van der Waals surface area contributed by atoms with E-state index in [1.54, 1.807) is 0 Å². The summed E-state index contributed by atoms with van der Waals surface area (Å²) in [4.78, 5) is 0. The smallest absolute Gasteiger partial charge is 0.211 e. The average molecular weight is 273 g/mol. The zero-order chi connectivity index (χ0) is 13.9. The molecule has 2 N–H and O–H groups in total. The van der Waals surface area contributed by atoms with Gasteiger partial charge in [0.05, 0.1) is 5.52 Å². The van der Waals surface area contributed by atoms with Crippen molar-refractivity contribution >= 4 is 10.9 Å². The summed E-state index contributed by atoms with van der Waals surface area (Å²) in [6.45, 7) is 5.28. The number of benzene rings is 1. The zero-order valence-corrected chi connectivity index (χ0v) is 12.0. The van der Waals surface area contributed by atoms with Gasteiger partial charge in [0.1, 0.15) is 0 Å². The van der Waals surface area contributed by atoms with Crippen LogP contribution in [0.5, 0.6) is 5.88 Å². The van der Waals surface area contributed by atoms with Gasteiger partial charge >= 0.3 is 0 Å². The Bertz CT molecular complexity index is 572. The summed E-state index contributed by atoms with van der Waals surface area (Å²) in [6.07, 6.45) is 3.34. The number of hydrogen-bond donors (Lipinski definition) is 2. The Kier molecular flexibility index (Phi) is 3.83. The highest BCUT2D eigenvalue weighted by atomic mass is 16.3. The lowest BCUT2D eigenvalue weighted by Crippen LogP contribution is -2.49. The fourth-order valence-electron chi connectivity index (χ4n) is 3.18. The van der Waals surface area contributed by atoms with E-state index in [0.29, 0.717) is 11.9 Å². The Balaban J connectivity index is 2.01. The third-order valence-corrected chi connectivity index (χ3v) is 4.11. The molecule has 2 heterocycles. The molecule has 2 aromatic rings. The molecule has 3 rings (SSSR count). The van der Waals surface area contributed by atoms with Gasteiger partial charge in [-0.2, -0.15) is 0 Å². The van der Waals surface area contributed by atoms with Crippen LogP contribution in [0.4, 0.5) is 0 Å². The topological polar surface area (TPSA) is 40.4 Å². The lowest BCUT2D eigenvalue weighted by molar-refractivity contribution is 0.344. The largest absolute Gasteiger partial charge is 0.493 e. The number of nitrogens with zero attached hydrogens (tertiary/aromatic N) is 2. The van der Waals surface area contributed by atoms with Crippen molar-refractivity contribution in [3.8, 4) is 5.88 Å². The van der Waals surface area contributed by atoms with Crippen LogP contribution >= 0.6 is 0 Å². The van der Waals surface area contributed by atoms with Crippen molar-refractivity contribution in [3.63, 3.8) is 0 Å². The SMILES string of the molecule is CCCN(C1CCNCC1)n1c(O)cc2ccccc21. The molecule has 0 amide bonds. The maximum Gasteiger partial charge on any atom is 0.211 e. The van der Waals surface area contributed by atoms with Crippen LogP contribution in [0.1, 0.15) is 26.2 Å². The van der Waals surface area contributed by atoms with Crippen LogP contribution in [-0.4, -0.2) is 35.5 Å². The summed E-state index contributed by atoms with van der Waals surface area (Å²) in [5.41, 5.74) is 1.09. The molecule has 1 aliphatic rings. The first-order chi connectivity index (χ1) is 9.81. The normalized spacial score (nSPS) is 16.6. The minimum absolute atomic E-state index is 0.346. The van der Waals surface area contributed by atoms with Crippen LogP contribution in [0.3, 0.4) is 0 Å². The quantitative estimate of drug-likeness (QED) is 0.899. The molecule has 1 fully saturated rings. The first-order valence-electron chi connectivity index (χ1n) is 7.58. The number of aromatic hydroxyl groups is 1. The summed E-state index contributed by atoms with van der Waals surface area (Å²) in [5.74, 6) is 0.346. The predicted octanol–water partition coefficient (Wildman–Crippen LogP) is 2.45. The number of aromatic nitrogens is 1. The van der Waals surface area contributed by atoms with Gasteiger partial charge in [0.15, 0.2) is 0 Å². The highest BCUT2D eigenvalue weighted by Crippen LogP contribution is 2.27. The van der Waals surface area contributed by atoms with Gasteiger partial charge in [0.25, 0.3) is 0 Å². The second kappa shape index (κ2) is 5.75. The molecule has 4 heteroatoms. The number of piperidine rings is 1. The maximum atomic E-state index is 10.4. The van der Waals surface area contributed by atoms with Crippen molar-refractivity contribution in [2.75, 3.05) is 24.6 Å². The van der Waals surface area contributed by atoms with E-state index in [1.165, 1.54) is 0 Å². The van der Waals surface area contributed by atoms with Crippen LogP contribution in [0.25, 0.3) is 10.9 Å². The van der Waals surface area contributed by atoms with E-state index in [0.717, 1.165) is 49.8 Å². The third kappa shape index (κ3) is 2.36. The van der Waals surface area contributed by atoms with Gasteiger partial charge in [-0.15, -0.1) is 0 Å². The Labute approximate surface area is 120 Å². The van der Waals surface area contributed by atoms with E-state index in [-0.39, 0.29) is 0 Å². The van der Waals surface area contributed by atoms with Gasteiger partial charge in [-0.05, 0) is 38.4 Å². The van der Waals surface area contributed by atoms with Gasteiger partial charge < -0.3 is 15.4 Å². The minimum Gasteiger partial charge on any atom is -0.493 e. The van der Waals surface area contributed by atoms with Crippen molar-refractivity contribution in [2.45, 2.75) is 32.2 Å². The highest BCUT2D eigenvalue weighted by molar-refractivity contribution is 5.82. The Morgan fingerprint density at radius 3 is 2.80 bits per heavy atom. The van der Waals surface area contributed by atoms with Crippen LogP contribution in [0.2, 0.25) is 0 Å². The molecular weight excluding hydrogens is 250 g/mol. The second-order valence-electron chi connectivity index (χ2n) is 5.52. The summed E-state index contributed by atoms with van der Waals surface area (Å²) >= 11 is 0. The van der Waals surface area contributed by atoms with Crippen LogP contribution in [0, 0.1) is 0 Å². The van der Waals surface area contributed by atoms with Crippen molar-refractivity contribution in [3.05, 3.63) is 30.3 Å². The first kappa shape index (κ1) is 13.3. The van der Waals surface area contributed by atoms with E-state index in [9.17, 15) is 5.11 Å². The molecule has 1 aromatic heterocycles. The van der Waals surface area contributed by atoms with Gasteiger partial charge in [0, 0.05) is 24.0 Å². The Morgan fingerprint density at radius 1 is 1.30 bits per heavy atom. The van der Waals surface area contributed by atoms with Gasteiger partial charge in [-0.1, -0.05) is 25.1 Å². The van der Waals surface area contributed by atoms with E-state index >= 15 is 0 Å². The molecule has 108 valence electrons. The summed E-state index contributed by atoms with van der Waals surface area (Å²) in [7, 11) is 0. The van der Waals surface area contributed by atoms with E-state index < -0.39 is 0 Å². The molecule has 0 saturated carbocycles. The number of rotatable bonds is 4. The third-order valence-electron chi connectivity index (χ3n) is 4.11. The first-order valence-corrected chi connectivity index (χ1v) is 7.58. The predicted molar refractivity (Wildman–Crippen MR) is 82.9 cm³/mol. The molecule has 4 nitrogen and oxygen atoms in total. The van der Waals surface area contributed by atoms with Crippen LogP contribution in [0.15, 0.2) is 30.3 Å². The highest BCUT2D eigenvalue weighted by Gasteiger charge is 2.23. The summed E-state index contributed by atoms with van der Waals surface area (Å²) < 4.78 is 2.01. The molecule has 20 heavy (non-hydrogen) atoms. The number of fused-ring (bicyclic) bond motifs is 1. The average Bonchev–Trinajstić information content (AvgIpc) is 2.82. The van der Waals surface area contributed by atoms with Gasteiger partial charge in [-0.3, -0.25) is 0 Å². The maximum absolute atomic E-state index is 10.4. The Morgan fingerprint density at radius 2 is 2.05 bits per heavy atom. The van der Waals surface area contributed by atoms with E-state index in [2.05, 4.69) is 29.4 Å². The molecule has 0 radical (unpaired) electrons. The molecule has 0 unspecified atom stereocenters. The fraction of sp³-hybridized carbons (Fsp3) is 0.500.